The van der Waals surface area contributed by atoms with Crippen molar-refractivity contribution in [3.63, 3.8) is 0 Å². The molecule has 11 heavy (non-hydrogen) atoms. The molecule has 0 spiro atoms. The van der Waals surface area contributed by atoms with Crippen LogP contribution in [0.4, 0.5) is 0 Å². The first kappa shape index (κ1) is 9.00. The lowest BCUT2D eigenvalue weighted by Gasteiger charge is -2.12. The van der Waals surface area contributed by atoms with E-state index >= 15 is 0 Å². The van der Waals surface area contributed by atoms with Gasteiger partial charge in [0.05, 0.1) is 23.7 Å². The van der Waals surface area contributed by atoms with E-state index < -0.39 is 9.84 Å². The zero-order chi connectivity index (χ0) is 8.48. The molecule has 1 heterocycles. The molecular weight excluding hydrogens is 164 g/mol. The lowest BCUT2D eigenvalue weighted by atomic mass is 10.3. The van der Waals surface area contributed by atoms with Crippen LogP contribution in [0.25, 0.3) is 0 Å². The summed E-state index contributed by atoms with van der Waals surface area (Å²) >= 11 is 0. The first-order chi connectivity index (χ1) is 4.99. The molecule has 3 nitrogen and oxygen atoms in total. The highest BCUT2D eigenvalue weighted by molar-refractivity contribution is 7.91. The van der Waals surface area contributed by atoms with Gasteiger partial charge in [-0.3, -0.25) is 0 Å². The molecule has 0 N–H and O–H groups in total. The lowest BCUT2D eigenvalue weighted by Crippen LogP contribution is -2.18. The average molecular weight is 178 g/mol. The molecule has 0 aliphatic carbocycles. The van der Waals surface area contributed by atoms with E-state index in [2.05, 4.69) is 0 Å². The Kier molecular flexibility index (Phi) is 2.54. The summed E-state index contributed by atoms with van der Waals surface area (Å²) in [7, 11) is -2.77. The number of rotatable bonds is 2. The molecule has 0 aromatic heterocycles. The van der Waals surface area contributed by atoms with Crippen LogP contribution in [0.2, 0.25) is 0 Å². The molecule has 1 aliphatic rings. The van der Waals surface area contributed by atoms with Crippen molar-refractivity contribution < 1.29 is 13.2 Å². The van der Waals surface area contributed by atoms with Crippen LogP contribution in [0.3, 0.4) is 0 Å². The molecule has 0 bridgehead atoms. The Bertz CT molecular complexity index is 218. The van der Waals surface area contributed by atoms with Crippen molar-refractivity contribution in [3.05, 3.63) is 0 Å². The topological polar surface area (TPSA) is 43.4 Å². The molecule has 1 aliphatic heterocycles. The van der Waals surface area contributed by atoms with E-state index in [9.17, 15) is 8.42 Å². The first-order valence-corrected chi connectivity index (χ1v) is 5.67. The van der Waals surface area contributed by atoms with Crippen LogP contribution in [-0.4, -0.2) is 32.1 Å². The normalized spacial score (nSPS) is 29.5. The van der Waals surface area contributed by atoms with Gasteiger partial charge in [0.2, 0.25) is 0 Å². The van der Waals surface area contributed by atoms with E-state index in [-0.39, 0.29) is 18.0 Å². The quantitative estimate of drug-likeness (QED) is 0.622. The number of hydrogen-bond acceptors (Lipinski definition) is 3. The van der Waals surface area contributed by atoms with Gasteiger partial charge in [0.1, 0.15) is 0 Å². The van der Waals surface area contributed by atoms with Crippen LogP contribution in [0.15, 0.2) is 0 Å². The third-order valence-corrected chi connectivity index (χ3v) is 3.39. The summed E-state index contributed by atoms with van der Waals surface area (Å²) in [5.74, 6) is 0.509. The SMILES string of the molecule is CC(C)O[C@@H]1CCS(=O)(=O)C1. The largest absolute Gasteiger partial charge is 0.374 e. The minimum atomic E-state index is -2.77. The van der Waals surface area contributed by atoms with E-state index in [0.29, 0.717) is 12.2 Å². The van der Waals surface area contributed by atoms with Gasteiger partial charge in [-0.2, -0.15) is 0 Å². The smallest absolute Gasteiger partial charge is 0.152 e. The highest BCUT2D eigenvalue weighted by Crippen LogP contribution is 2.15. The molecule has 0 aromatic carbocycles. The van der Waals surface area contributed by atoms with Crippen LogP contribution in [0, 0.1) is 0 Å². The molecule has 0 saturated carbocycles. The van der Waals surface area contributed by atoms with Gasteiger partial charge >= 0.3 is 0 Å². The maximum Gasteiger partial charge on any atom is 0.152 e. The summed E-state index contributed by atoms with van der Waals surface area (Å²) in [4.78, 5) is 0. The standard InChI is InChI=1S/C7H14O3S/c1-6(2)10-7-3-4-11(8,9)5-7/h6-7H,3-5H2,1-2H3/t7-/m1/s1. The van der Waals surface area contributed by atoms with Gasteiger partial charge in [-0.05, 0) is 20.3 Å². The zero-order valence-corrected chi connectivity index (χ0v) is 7.73. The summed E-state index contributed by atoms with van der Waals surface area (Å²) in [6.45, 7) is 3.84. The van der Waals surface area contributed by atoms with Gasteiger partial charge < -0.3 is 4.74 Å². The minimum absolute atomic E-state index is 0.0556. The summed E-state index contributed by atoms with van der Waals surface area (Å²) in [5.41, 5.74) is 0. The third kappa shape index (κ3) is 2.79. The zero-order valence-electron chi connectivity index (χ0n) is 6.91. The van der Waals surface area contributed by atoms with E-state index in [1.54, 1.807) is 0 Å². The molecule has 1 rings (SSSR count). The Morgan fingerprint density at radius 3 is 2.45 bits per heavy atom. The predicted octanol–water partition coefficient (Wildman–Crippen LogP) is 0.599. The van der Waals surface area contributed by atoms with Gasteiger partial charge in [0.15, 0.2) is 9.84 Å². The Morgan fingerprint density at radius 1 is 1.45 bits per heavy atom. The van der Waals surface area contributed by atoms with E-state index in [1.165, 1.54) is 0 Å². The van der Waals surface area contributed by atoms with Crippen LogP contribution < -0.4 is 0 Å². The Balaban J connectivity index is 2.43. The molecule has 1 fully saturated rings. The minimum Gasteiger partial charge on any atom is -0.374 e. The first-order valence-electron chi connectivity index (χ1n) is 3.85. The molecule has 0 amide bonds. The van der Waals surface area contributed by atoms with E-state index in [0.717, 1.165) is 0 Å². The van der Waals surface area contributed by atoms with Crippen molar-refractivity contribution >= 4 is 9.84 Å². The maximum absolute atomic E-state index is 10.9. The molecule has 66 valence electrons. The molecule has 0 unspecified atom stereocenters. The fourth-order valence-electron chi connectivity index (χ4n) is 1.25. The number of ether oxygens (including phenoxy) is 1. The Hall–Kier alpha value is -0.0900. The molecule has 0 radical (unpaired) electrons. The van der Waals surface area contributed by atoms with Crippen molar-refractivity contribution in [2.24, 2.45) is 0 Å². The van der Waals surface area contributed by atoms with Crippen molar-refractivity contribution in [1.82, 2.24) is 0 Å². The van der Waals surface area contributed by atoms with Crippen molar-refractivity contribution in [1.29, 1.82) is 0 Å². The fourth-order valence-corrected chi connectivity index (χ4v) is 2.85. The molecule has 1 saturated heterocycles. The van der Waals surface area contributed by atoms with Crippen molar-refractivity contribution in [3.8, 4) is 0 Å². The van der Waals surface area contributed by atoms with Crippen molar-refractivity contribution in [2.75, 3.05) is 11.5 Å². The number of hydrogen-bond donors (Lipinski definition) is 0. The van der Waals surface area contributed by atoms with Crippen molar-refractivity contribution in [2.45, 2.75) is 32.5 Å². The van der Waals surface area contributed by atoms with E-state index in [4.69, 9.17) is 4.74 Å². The van der Waals surface area contributed by atoms with Crippen LogP contribution in [-0.2, 0) is 14.6 Å². The van der Waals surface area contributed by atoms with Gasteiger partial charge in [0.25, 0.3) is 0 Å². The maximum atomic E-state index is 10.9. The molecule has 1 atom stereocenters. The summed E-state index contributed by atoms with van der Waals surface area (Å²) < 4.78 is 27.3. The summed E-state index contributed by atoms with van der Waals surface area (Å²) in [5, 5.41) is 0. The monoisotopic (exact) mass is 178 g/mol. The number of sulfone groups is 1. The van der Waals surface area contributed by atoms with Crippen LogP contribution >= 0.6 is 0 Å². The van der Waals surface area contributed by atoms with Gasteiger partial charge in [-0.1, -0.05) is 0 Å². The second-order valence-corrected chi connectivity index (χ2v) is 5.44. The molecule has 0 aromatic rings. The van der Waals surface area contributed by atoms with Crippen LogP contribution in [0.1, 0.15) is 20.3 Å². The summed E-state index contributed by atoms with van der Waals surface area (Å²) in [6.07, 6.45) is 0.744. The van der Waals surface area contributed by atoms with Gasteiger partial charge in [0, 0.05) is 0 Å². The molecular formula is C7H14O3S. The van der Waals surface area contributed by atoms with E-state index in [1.807, 2.05) is 13.8 Å². The van der Waals surface area contributed by atoms with Gasteiger partial charge in [-0.25, -0.2) is 8.42 Å². The average Bonchev–Trinajstić information content (AvgIpc) is 2.08. The lowest BCUT2D eigenvalue weighted by molar-refractivity contribution is 0.0235. The fraction of sp³-hybridized carbons (Fsp3) is 1.00. The highest BCUT2D eigenvalue weighted by Gasteiger charge is 2.28. The second kappa shape index (κ2) is 3.11. The Morgan fingerprint density at radius 2 is 2.09 bits per heavy atom. The highest BCUT2D eigenvalue weighted by atomic mass is 32.2. The Labute approximate surface area is 67.7 Å². The second-order valence-electron chi connectivity index (χ2n) is 3.21. The summed E-state index contributed by atoms with van der Waals surface area (Å²) in [6, 6.07) is 0. The third-order valence-electron chi connectivity index (χ3n) is 1.66. The molecule has 4 heteroatoms. The van der Waals surface area contributed by atoms with Crippen LogP contribution in [0.5, 0.6) is 0 Å². The van der Waals surface area contributed by atoms with Gasteiger partial charge in [-0.15, -0.1) is 0 Å². The predicted molar refractivity (Wildman–Crippen MR) is 43.3 cm³/mol.